The zero-order valence-corrected chi connectivity index (χ0v) is 11.9. The van der Waals surface area contributed by atoms with Crippen LogP contribution in [0.25, 0.3) is 0 Å². The fourth-order valence-corrected chi connectivity index (χ4v) is 2.42. The van der Waals surface area contributed by atoms with Crippen LogP contribution in [-0.4, -0.2) is 30.0 Å². The topological polar surface area (TPSA) is 86.2 Å². The Morgan fingerprint density at radius 1 is 1.19 bits per heavy atom. The SMILES string of the molecule is N[C@H](c1ccccc1)c1nnc(NCC2CCOCC2)o1. The van der Waals surface area contributed by atoms with E-state index in [1.165, 1.54) is 0 Å². The third-order valence-electron chi connectivity index (χ3n) is 3.75. The van der Waals surface area contributed by atoms with Gasteiger partial charge in [-0.25, -0.2) is 0 Å². The van der Waals surface area contributed by atoms with E-state index in [9.17, 15) is 0 Å². The van der Waals surface area contributed by atoms with Crippen molar-refractivity contribution in [2.45, 2.75) is 18.9 Å². The van der Waals surface area contributed by atoms with E-state index in [-0.39, 0.29) is 0 Å². The number of aromatic nitrogens is 2. The number of nitrogens with one attached hydrogen (secondary N) is 1. The Labute approximate surface area is 123 Å². The maximum Gasteiger partial charge on any atom is 0.315 e. The highest BCUT2D eigenvalue weighted by Crippen LogP contribution is 2.20. The van der Waals surface area contributed by atoms with Crippen LogP contribution in [-0.2, 0) is 4.74 Å². The second kappa shape index (κ2) is 6.69. The van der Waals surface area contributed by atoms with E-state index < -0.39 is 6.04 Å². The number of nitrogens with two attached hydrogens (primary N) is 1. The Morgan fingerprint density at radius 3 is 2.71 bits per heavy atom. The lowest BCUT2D eigenvalue weighted by atomic mass is 10.0. The highest BCUT2D eigenvalue weighted by atomic mass is 16.5. The maximum atomic E-state index is 6.13. The Morgan fingerprint density at radius 2 is 1.95 bits per heavy atom. The van der Waals surface area contributed by atoms with Crippen molar-refractivity contribution in [1.29, 1.82) is 0 Å². The standard InChI is InChI=1S/C15H20N4O2/c16-13(12-4-2-1-3-5-12)14-18-19-15(21-14)17-10-11-6-8-20-9-7-11/h1-5,11,13H,6-10,16H2,(H,17,19)/t13-/m1/s1. The summed E-state index contributed by atoms with van der Waals surface area (Å²) < 4.78 is 10.9. The van der Waals surface area contributed by atoms with Gasteiger partial charge >= 0.3 is 6.01 Å². The predicted molar refractivity (Wildman–Crippen MR) is 78.8 cm³/mol. The lowest BCUT2D eigenvalue weighted by Gasteiger charge is -2.21. The zero-order chi connectivity index (χ0) is 14.5. The van der Waals surface area contributed by atoms with Crippen LogP contribution >= 0.6 is 0 Å². The van der Waals surface area contributed by atoms with Crippen molar-refractivity contribution in [3.8, 4) is 0 Å². The van der Waals surface area contributed by atoms with Gasteiger partial charge in [0.15, 0.2) is 0 Å². The minimum absolute atomic E-state index is 0.391. The predicted octanol–water partition coefficient (Wildman–Crippen LogP) is 1.96. The van der Waals surface area contributed by atoms with Crippen LogP contribution in [0.2, 0.25) is 0 Å². The summed E-state index contributed by atoms with van der Waals surface area (Å²) in [7, 11) is 0. The molecule has 3 rings (SSSR count). The molecule has 0 amide bonds. The van der Waals surface area contributed by atoms with Crippen molar-refractivity contribution in [2.75, 3.05) is 25.1 Å². The molecule has 0 unspecified atom stereocenters. The lowest BCUT2D eigenvalue weighted by molar-refractivity contribution is 0.0698. The van der Waals surface area contributed by atoms with E-state index in [0.717, 1.165) is 38.2 Å². The molecule has 112 valence electrons. The van der Waals surface area contributed by atoms with Crippen molar-refractivity contribution >= 4 is 6.01 Å². The number of hydrogen-bond donors (Lipinski definition) is 2. The summed E-state index contributed by atoms with van der Waals surface area (Å²) in [6.07, 6.45) is 2.13. The second-order valence-electron chi connectivity index (χ2n) is 5.27. The normalized spacial score (nSPS) is 17.6. The molecular formula is C15H20N4O2. The van der Waals surface area contributed by atoms with Gasteiger partial charge in [0.1, 0.15) is 6.04 Å². The zero-order valence-electron chi connectivity index (χ0n) is 11.9. The molecule has 0 saturated carbocycles. The molecule has 0 radical (unpaired) electrons. The number of ether oxygens (including phenoxy) is 1. The van der Waals surface area contributed by atoms with Crippen molar-refractivity contribution in [1.82, 2.24) is 10.2 Å². The first-order valence-corrected chi connectivity index (χ1v) is 7.28. The van der Waals surface area contributed by atoms with Crippen LogP contribution in [0.5, 0.6) is 0 Å². The molecule has 2 aromatic rings. The molecule has 1 saturated heterocycles. The maximum absolute atomic E-state index is 6.13. The van der Waals surface area contributed by atoms with Crippen LogP contribution in [0, 0.1) is 5.92 Å². The molecule has 1 aliphatic heterocycles. The van der Waals surface area contributed by atoms with Gasteiger partial charge in [0.2, 0.25) is 5.89 Å². The Bertz CT molecular complexity index is 552. The van der Waals surface area contributed by atoms with Crippen molar-refractivity contribution < 1.29 is 9.15 Å². The summed E-state index contributed by atoms with van der Waals surface area (Å²) in [5.41, 5.74) is 7.08. The molecule has 1 aromatic heterocycles. The Balaban J connectivity index is 1.58. The van der Waals surface area contributed by atoms with Crippen molar-refractivity contribution in [3.05, 3.63) is 41.8 Å². The summed E-state index contributed by atoms with van der Waals surface area (Å²) in [6.45, 7) is 2.49. The van der Waals surface area contributed by atoms with Gasteiger partial charge < -0.3 is 20.2 Å². The third kappa shape index (κ3) is 3.59. The van der Waals surface area contributed by atoms with Gasteiger partial charge in [-0.3, -0.25) is 0 Å². The number of anilines is 1. The summed E-state index contributed by atoms with van der Waals surface area (Å²) in [5.74, 6) is 1.02. The monoisotopic (exact) mass is 288 g/mol. The molecule has 21 heavy (non-hydrogen) atoms. The van der Waals surface area contributed by atoms with Crippen LogP contribution < -0.4 is 11.1 Å². The van der Waals surface area contributed by atoms with E-state index >= 15 is 0 Å². The highest BCUT2D eigenvalue weighted by molar-refractivity contribution is 5.25. The smallest absolute Gasteiger partial charge is 0.315 e. The summed E-state index contributed by atoms with van der Waals surface area (Å²) in [4.78, 5) is 0. The quantitative estimate of drug-likeness (QED) is 0.874. The van der Waals surface area contributed by atoms with Gasteiger partial charge in [-0.05, 0) is 24.3 Å². The number of hydrogen-bond acceptors (Lipinski definition) is 6. The molecule has 1 aromatic carbocycles. The van der Waals surface area contributed by atoms with Gasteiger partial charge in [-0.1, -0.05) is 35.4 Å². The second-order valence-corrected chi connectivity index (χ2v) is 5.27. The first-order chi connectivity index (χ1) is 10.3. The molecule has 6 nitrogen and oxygen atoms in total. The average molecular weight is 288 g/mol. The minimum atomic E-state index is -0.391. The minimum Gasteiger partial charge on any atom is -0.406 e. The van der Waals surface area contributed by atoms with Crippen LogP contribution in [0.1, 0.15) is 30.3 Å². The van der Waals surface area contributed by atoms with Crippen LogP contribution in [0.3, 0.4) is 0 Å². The van der Waals surface area contributed by atoms with Gasteiger partial charge in [-0.15, -0.1) is 5.10 Å². The van der Waals surface area contributed by atoms with Crippen LogP contribution in [0.15, 0.2) is 34.7 Å². The van der Waals surface area contributed by atoms with Gasteiger partial charge in [0.05, 0.1) is 0 Å². The van der Waals surface area contributed by atoms with E-state index in [2.05, 4.69) is 15.5 Å². The van der Waals surface area contributed by atoms with E-state index in [1.807, 2.05) is 30.3 Å². The molecule has 0 spiro atoms. The van der Waals surface area contributed by atoms with E-state index in [1.54, 1.807) is 0 Å². The molecule has 1 atom stereocenters. The van der Waals surface area contributed by atoms with Gasteiger partial charge in [0.25, 0.3) is 0 Å². The average Bonchev–Trinajstić information content (AvgIpc) is 3.03. The Hall–Kier alpha value is -1.92. The molecule has 1 fully saturated rings. The molecule has 1 aliphatic rings. The molecule has 3 N–H and O–H groups in total. The first kappa shape index (κ1) is 14.0. The number of nitrogens with zero attached hydrogens (tertiary/aromatic N) is 2. The molecule has 6 heteroatoms. The van der Waals surface area contributed by atoms with E-state index in [0.29, 0.717) is 17.8 Å². The van der Waals surface area contributed by atoms with Gasteiger partial charge in [0, 0.05) is 19.8 Å². The Kier molecular flexibility index (Phi) is 4.47. The van der Waals surface area contributed by atoms with E-state index in [4.69, 9.17) is 14.9 Å². The third-order valence-corrected chi connectivity index (χ3v) is 3.75. The van der Waals surface area contributed by atoms with Crippen LogP contribution in [0.4, 0.5) is 6.01 Å². The van der Waals surface area contributed by atoms with Crippen molar-refractivity contribution in [2.24, 2.45) is 11.7 Å². The molecule has 0 bridgehead atoms. The number of benzene rings is 1. The first-order valence-electron chi connectivity index (χ1n) is 7.28. The molecule has 2 heterocycles. The summed E-state index contributed by atoms with van der Waals surface area (Å²) in [5, 5.41) is 11.2. The lowest BCUT2D eigenvalue weighted by Crippen LogP contribution is -2.22. The number of rotatable bonds is 5. The molecular weight excluding hydrogens is 268 g/mol. The van der Waals surface area contributed by atoms with Crippen molar-refractivity contribution in [3.63, 3.8) is 0 Å². The summed E-state index contributed by atoms with van der Waals surface area (Å²) in [6, 6.07) is 9.77. The summed E-state index contributed by atoms with van der Waals surface area (Å²) >= 11 is 0. The fourth-order valence-electron chi connectivity index (χ4n) is 2.42. The van der Waals surface area contributed by atoms with Gasteiger partial charge in [-0.2, -0.15) is 0 Å². The largest absolute Gasteiger partial charge is 0.406 e. The molecule has 0 aliphatic carbocycles. The highest BCUT2D eigenvalue weighted by Gasteiger charge is 2.18. The fraction of sp³-hybridized carbons (Fsp3) is 0.467.